The highest BCUT2D eigenvalue weighted by atomic mass is 16.4. The summed E-state index contributed by atoms with van der Waals surface area (Å²) in [6.07, 6.45) is 58.9. The van der Waals surface area contributed by atoms with Gasteiger partial charge < -0.3 is 10.2 Å². The standard InChI is InChI=1S/C39H78O2.C12H24O2/c1-3-5-7-9-11-13-14-15-16-17-18-19-20-21-22-23-24-25-26-27-28-29-31-33-35-37-38(39(40)41)36-34-32-30-12-10-8-6-4-2;1-2-3-4-5-6-7-8-9-10-11-12(13)14/h38H,3-37H2,1-2H3,(H,40,41);2-11H2,1H3,(H,13,14). The van der Waals surface area contributed by atoms with Crippen molar-refractivity contribution in [3.63, 3.8) is 0 Å². The molecule has 1 atom stereocenters. The summed E-state index contributed by atoms with van der Waals surface area (Å²) in [6.45, 7) is 6.79. The molecule has 4 nitrogen and oxygen atoms in total. The van der Waals surface area contributed by atoms with E-state index in [0.717, 1.165) is 38.5 Å². The first kappa shape index (κ1) is 56.0. The number of unbranched alkanes of at least 4 members (excludes halogenated alkanes) is 39. The van der Waals surface area contributed by atoms with Crippen LogP contribution in [-0.4, -0.2) is 22.2 Å². The number of carboxylic acids is 2. The summed E-state index contributed by atoms with van der Waals surface area (Å²) in [6, 6.07) is 0. The molecule has 0 aliphatic heterocycles. The van der Waals surface area contributed by atoms with E-state index in [1.54, 1.807) is 0 Å². The van der Waals surface area contributed by atoms with E-state index >= 15 is 0 Å². The highest BCUT2D eigenvalue weighted by molar-refractivity contribution is 5.69. The van der Waals surface area contributed by atoms with Crippen molar-refractivity contribution < 1.29 is 19.8 Å². The van der Waals surface area contributed by atoms with Crippen molar-refractivity contribution in [2.24, 2.45) is 5.92 Å². The van der Waals surface area contributed by atoms with E-state index in [4.69, 9.17) is 5.11 Å². The lowest BCUT2D eigenvalue weighted by molar-refractivity contribution is -0.142. The molecular formula is C51H102O4. The van der Waals surface area contributed by atoms with Gasteiger partial charge in [0.25, 0.3) is 0 Å². The third-order valence-electron chi connectivity index (χ3n) is 11.9. The molecule has 0 rings (SSSR count). The van der Waals surface area contributed by atoms with Gasteiger partial charge in [-0.1, -0.05) is 284 Å². The minimum Gasteiger partial charge on any atom is -0.481 e. The van der Waals surface area contributed by atoms with Crippen molar-refractivity contribution in [3.05, 3.63) is 0 Å². The van der Waals surface area contributed by atoms with Crippen molar-refractivity contribution in [2.45, 2.75) is 310 Å². The average molecular weight is 779 g/mol. The van der Waals surface area contributed by atoms with E-state index < -0.39 is 11.9 Å². The maximum absolute atomic E-state index is 11.6. The minimum atomic E-state index is -0.659. The maximum Gasteiger partial charge on any atom is 0.306 e. The van der Waals surface area contributed by atoms with Crippen molar-refractivity contribution in [3.8, 4) is 0 Å². The zero-order chi connectivity index (χ0) is 40.6. The van der Waals surface area contributed by atoms with Gasteiger partial charge in [-0.05, 0) is 19.3 Å². The lowest BCUT2D eigenvalue weighted by Gasteiger charge is -2.12. The zero-order valence-electron chi connectivity index (χ0n) is 38.1. The number of hydrogen-bond donors (Lipinski definition) is 2. The van der Waals surface area contributed by atoms with Crippen LogP contribution in [0, 0.1) is 5.92 Å². The molecule has 0 fully saturated rings. The van der Waals surface area contributed by atoms with Crippen LogP contribution in [0.25, 0.3) is 0 Å². The first-order valence-electron chi connectivity index (χ1n) is 25.4. The Hall–Kier alpha value is -1.06. The minimum absolute atomic E-state index is 0.0976. The van der Waals surface area contributed by atoms with Crippen LogP contribution in [0.3, 0.4) is 0 Å². The molecule has 4 heteroatoms. The van der Waals surface area contributed by atoms with Gasteiger partial charge in [0.15, 0.2) is 0 Å². The Kier molecular flexibility index (Phi) is 51.9. The quantitative estimate of drug-likeness (QED) is 0.0604. The first-order chi connectivity index (χ1) is 27.0. The zero-order valence-corrected chi connectivity index (χ0v) is 38.1. The Balaban J connectivity index is 0. The van der Waals surface area contributed by atoms with E-state index in [1.807, 2.05) is 0 Å². The van der Waals surface area contributed by atoms with E-state index in [9.17, 15) is 14.7 Å². The van der Waals surface area contributed by atoms with E-state index in [-0.39, 0.29) is 5.92 Å². The molecule has 1 unspecified atom stereocenters. The summed E-state index contributed by atoms with van der Waals surface area (Å²) in [4.78, 5) is 21.8. The van der Waals surface area contributed by atoms with E-state index in [0.29, 0.717) is 6.42 Å². The van der Waals surface area contributed by atoms with Gasteiger partial charge in [0.05, 0.1) is 5.92 Å². The fraction of sp³-hybridized carbons (Fsp3) is 0.961. The van der Waals surface area contributed by atoms with Crippen molar-refractivity contribution in [1.29, 1.82) is 0 Å². The summed E-state index contributed by atoms with van der Waals surface area (Å²) < 4.78 is 0. The molecule has 0 aromatic heterocycles. The second-order valence-corrected chi connectivity index (χ2v) is 17.5. The largest absolute Gasteiger partial charge is 0.481 e. The summed E-state index contributed by atoms with van der Waals surface area (Å²) in [5.41, 5.74) is 0. The van der Waals surface area contributed by atoms with Crippen LogP contribution < -0.4 is 0 Å². The monoisotopic (exact) mass is 779 g/mol. The predicted octanol–water partition coefficient (Wildman–Crippen LogP) is 18.4. The van der Waals surface area contributed by atoms with Crippen LogP contribution in [0.5, 0.6) is 0 Å². The molecule has 0 aromatic rings. The van der Waals surface area contributed by atoms with E-state index in [1.165, 1.54) is 244 Å². The molecule has 0 aliphatic rings. The predicted molar refractivity (Wildman–Crippen MR) is 244 cm³/mol. The third kappa shape index (κ3) is 52.9. The van der Waals surface area contributed by atoms with Crippen molar-refractivity contribution in [2.75, 3.05) is 0 Å². The van der Waals surface area contributed by atoms with Gasteiger partial charge in [0.1, 0.15) is 0 Å². The molecule has 2 N–H and O–H groups in total. The number of carbonyl (C=O) groups is 2. The van der Waals surface area contributed by atoms with Crippen LogP contribution in [-0.2, 0) is 9.59 Å². The average Bonchev–Trinajstić information content (AvgIpc) is 3.17. The first-order valence-corrected chi connectivity index (χ1v) is 25.4. The Bertz CT molecular complexity index is 722. The fourth-order valence-electron chi connectivity index (χ4n) is 8.03. The highest BCUT2D eigenvalue weighted by Gasteiger charge is 2.16. The Morgan fingerprint density at radius 2 is 0.473 bits per heavy atom. The van der Waals surface area contributed by atoms with Crippen molar-refractivity contribution in [1.82, 2.24) is 0 Å². The molecule has 55 heavy (non-hydrogen) atoms. The number of rotatable bonds is 46. The summed E-state index contributed by atoms with van der Waals surface area (Å²) in [5, 5.41) is 18.0. The molecule has 0 saturated heterocycles. The van der Waals surface area contributed by atoms with E-state index in [2.05, 4.69) is 20.8 Å². The molecule has 0 aromatic carbocycles. The smallest absolute Gasteiger partial charge is 0.306 e. The summed E-state index contributed by atoms with van der Waals surface area (Å²) in [5.74, 6) is -1.31. The van der Waals surface area contributed by atoms with Crippen molar-refractivity contribution >= 4 is 11.9 Å². The fourth-order valence-corrected chi connectivity index (χ4v) is 8.03. The van der Waals surface area contributed by atoms with Gasteiger partial charge in [-0.15, -0.1) is 0 Å². The van der Waals surface area contributed by atoms with Crippen LogP contribution in [0.2, 0.25) is 0 Å². The number of carboxylic acid groups (broad SMARTS) is 2. The summed E-state index contributed by atoms with van der Waals surface area (Å²) >= 11 is 0. The highest BCUT2D eigenvalue weighted by Crippen LogP contribution is 2.21. The third-order valence-corrected chi connectivity index (χ3v) is 11.9. The molecule has 0 amide bonds. The lowest BCUT2D eigenvalue weighted by Crippen LogP contribution is -2.13. The summed E-state index contributed by atoms with van der Waals surface area (Å²) in [7, 11) is 0. The molecule has 0 spiro atoms. The Morgan fingerprint density at radius 3 is 0.655 bits per heavy atom. The molecular weight excluding hydrogens is 677 g/mol. The van der Waals surface area contributed by atoms with Gasteiger partial charge in [0.2, 0.25) is 0 Å². The lowest BCUT2D eigenvalue weighted by atomic mass is 9.94. The molecule has 0 aliphatic carbocycles. The SMILES string of the molecule is CCCCCCCCCCCC(=O)O.CCCCCCCCCCCCCCCCCCCCCCCCCCCC(CCCCCCCCCC)C(=O)O. The normalized spacial score (nSPS) is 11.8. The molecule has 0 bridgehead atoms. The topological polar surface area (TPSA) is 74.6 Å². The van der Waals surface area contributed by atoms with Crippen LogP contribution in [0.4, 0.5) is 0 Å². The molecule has 330 valence electrons. The van der Waals surface area contributed by atoms with Crippen LogP contribution in [0.1, 0.15) is 310 Å². The van der Waals surface area contributed by atoms with Gasteiger partial charge >= 0.3 is 11.9 Å². The van der Waals surface area contributed by atoms with Gasteiger partial charge in [-0.25, -0.2) is 0 Å². The number of hydrogen-bond acceptors (Lipinski definition) is 2. The molecule has 0 radical (unpaired) electrons. The number of aliphatic carboxylic acids is 2. The second kappa shape index (κ2) is 51.0. The Labute approximate surface area is 346 Å². The molecule has 0 heterocycles. The van der Waals surface area contributed by atoms with Crippen LogP contribution in [0.15, 0.2) is 0 Å². The van der Waals surface area contributed by atoms with Gasteiger partial charge in [-0.3, -0.25) is 9.59 Å². The van der Waals surface area contributed by atoms with Crippen LogP contribution >= 0.6 is 0 Å². The van der Waals surface area contributed by atoms with Gasteiger partial charge in [-0.2, -0.15) is 0 Å². The molecule has 0 saturated carbocycles. The maximum atomic E-state index is 11.6. The second-order valence-electron chi connectivity index (χ2n) is 17.5. The van der Waals surface area contributed by atoms with Gasteiger partial charge in [0, 0.05) is 6.42 Å². The Morgan fingerprint density at radius 1 is 0.291 bits per heavy atom.